The van der Waals surface area contributed by atoms with Crippen molar-refractivity contribution in [1.82, 2.24) is 9.97 Å². The molecule has 0 saturated carbocycles. The van der Waals surface area contributed by atoms with Crippen molar-refractivity contribution in [3.05, 3.63) is 118 Å². The van der Waals surface area contributed by atoms with Crippen molar-refractivity contribution in [3.63, 3.8) is 0 Å². The predicted octanol–water partition coefficient (Wildman–Crippen LogP) is 5.51. The molecular weight excluding hydrogens is 446 g/mol. The highest BCUT2D eigenvalue weighted by atomic mass is 16.6. The van der Waals surface area contributed by atoms with Gasteiger partial charge in [0.15, 0.2) is 0 Å². The van der Waals surface area contributed by atoms with E-state index in [1.165, 1.54) is 6.33 Å². The van der Waals surface area contributed by atoms with Crippen LogP contribution in [0.5, 0.6) is 0 Å². The number of benzene rings is 3. The second-order valence-electron chi connectivity index (χ2n) is 7.50. The molecule has 0 fully saturated rings. The molecule has 0 radical (unpaired) electrons. The van der Waals surface area contributed by atoms with Gasteiger partial charge in [0.05, 0.1) is 23.1 Å². The predicted molar refractivity (Wildman–Crippen MR) is 133 cm³/mol. The Balaban J connectivity index is 1.70. The first-order valence-corrected chi connectivity index (χ1v) is 11.0. The third kappa shape index (κ3) is 5.59. The lowest BCUT2D eigenvalue weighted by atomic mass is 9.99. The molecule has 0 aliphatic heterocycles. The van der Waals surface area contributed by atoms with Gasteiger partial charge in [-0.25, -0.2) is 14.8 Å². The van der Waals surface area contributed by atoms with Gasteiger partial charge in [-0.3, -0.25) is 10.1 Å². The highest BCUT2D eigenvalue weighted by Gasteiger charge is 2.26. The molecule has 0 amide bonds. The van der Waals surface area contributed by atoms with Gasteiger partial charge in [-0.15, -0.1) is 0 Å². The minimum atomic E-state index is -0.535. The minimum absolute atomic E-state index is 0.00613. The monoisotopic (exact) mass is 469 g/mol. The van der Waals surface area contributed by atoms with Crippen LogP contribution in [0.2, 0.25) is 0 Å². The average molecular weight is 470 g/mol. The van der Waals surface area contributed by atoms with Crippen LogP contribution in [0.3, 0.4) is 0 Å². The summed E-state index contributed by atoms with van der Waals surface area (Å²) in [5.74, 6) is -0.426. The summed E-state index contributed by atoms with van der Waals surface area (Å²) in [4.78, 5) is 31.9. The summed E-state index contributed by atoms with van der Waals surface area (Å²) in [5.41, 5.74) is 2.29. The maximum atomic E-state index is 12.1. The van der Waals surface area contributed by atoms with E-state index in [2.05, 4.69) is 20.6 Å². The Morgan fingerprint density at radius 2 is 1.57 bits per heavy atom. The quantitative estimate of drug-likeness (QED) is 0.187. The van der Waals surface area contributed by atoms with Crippen LogP contribution in [0.4, 0.5) is 23.0 Å². The summed E-state index contributed by atoms with van der Waals surface area (Å²) in [6, 6.07) is 25.3. The number of nitrogens with zero attached hydrogens (tertiary/aromatic N) is 3. The number of aromatic nitrogens is 2. The zero-order valence-corrected chi connectivity index (χ0v) is 18.9. The SMILES string of the molecule is CCOC(=O)c1cccc(Nc2ncnc(NC(c3ccccc3)c3ccccc3)c2[N+](=O)[O-])c1. The fourth-order valence-electron chi connectivity index (χ4n) is 3.61. The number of nitro groups is 1. The summed E-state index contributed by atoms with van der Waals surface area (Å²) in [6.45, 7) is 1.96. The van der Waals surface area contributed by atoms with Crippen molar-refractivity contribution in [2.45, 2.75) is 13.0 Å². The van der Waals surface area contributed by atoms with Gasteiger partial charge in [-0.2, -0.15) is 0 Å². The lowest BCUT2D eigenvalue weighted by Crippen LogP contribution is -2.15. The van der Waals surface area contributed by atoms with Gasteiger partial charge in [-0.05, 0) is 36.2 Å². The number of nitrogens with one attached hydrogen (secondary N) is 2. The van der Waals surface area contributed by atoms with E-state index >= 15 is 0 Å². The van der Waals surface area contributed by atoms with Gasteiger partial charge in [0, 0.05) is 5.69 Å². The van der Waals surface area contributed by atoms with Gasteiger partial charge >= 0.3 is 11.7 Å². The Bertz CT molecular complexity index is 1280. The van der Waals surface area contributed by atoms with Gasteiger partial charge in [0.25, 0.3) is 0 Å². The van der Waals surface area contributed by atoms with E-state index in [0.29, 0.717) is 11.3 Å². The first-order valence-electron chi connectivity index (χ1n) is 11.0. The fourth-order valence-corrected chi connectivity index (χ4v) is 3.61. The van der Waals surface area contributed by atoms with E-state index in [0.717, 1.165) is 11.1 Å². The van der Waals surface area contributed by atoms with E-state index < -0.39 is 10.9 Å². The first-order chi connectivity index (χ1) is 17.1. The van der Waals surface area contributed by atoms with E-state index in [-0.39, 0.29) is 30.0 Å². The van der Waals surface area contributed by atoms with Crippen molar-refractivity contribution in [2.75, 3.05) is 17.2 Å². The van der Waals surface area contributed by atoms with Gasteiger partial charge in [0.1, 0.15) is 6.33 Å². The Hall–Kier alpha value is -4.79. The number of hydrogen-bond donors (Lipinski definition) is 2. The molecule has 0 saturated heterocycles. The Morgan fingerprint density at radius 3 is 2.17 bits per heavy atom. The molecule has 0 aliphatic rings. The normalized spacial score (nSPS) is 10.6. The number of anilines is 3. The summed E-state index contributed by atoms with van der Waals surface area (Å²) >= 11 is 0. The lowest BCUT2D eigenvalue weighted by molar-refractivity contribution is -0.383. The second-order valence-corrected chi connectivity index (χ2v) is 7.50. The largest absolute Gasteiger partial charge is 0.462 e. The highest BCUT2D eigenvalue weighted by molar-refractivity contribution is 5.91. The molecule has 0 unspecified atom stereocenters. The van der Waals surface area contributed by atoms with Crippen molar-refractivity contribution < 1.29 is 14.5 Å². The van der Waals surface area contributed by atoms with Crippen LogP contribution in [0, 0.1) is 10.1 Å². The second kappa shape index (κ2) is 10.9. The Morgan fingerprint density at radius 1 is 0.943 bits per heavy atom. The summed E-state index contributed by atoms with van der Waals surface area (Å²) in [7, 11) is 0. The molecule has 1 aromatic heterocycles. The minimum Gasteiger partial charge on any atom is -0.462 e. The number of hydrogen-bond acceptors (Lipinski definition) is 8. The molecule has 3 aromatic carbocycles. The van der Waals surface area contributed by atoms with E-state index in [9.17, 15) is 14.9 Å². The summed E-state index contributed by atoms with van der Waals surface area (Å²) in [5, 5.41) is 18.3. The molecule has 9 nitrogen and oxygen atoms in total. The zero-order valence-electron chi connectivity index (χ0n) is 18.9. The Labute approximate surface area is 202 Å². The van der Waals surface area contributed by atoms with Crippen molar-refractivity contribution >= 4 is 29.0 Å². The van der Waals surface area contributed by atoms with Crippen LogP contribution < -0.4 is 10.6 Å². The number of rotatable bonds is 9. The van der Waals surface area contributed by atoms with Gasteiger partial charge in [-0.1, -0.05) is 66.7 Å². The lowest BCUT2D eigenvalue weighted by Gasteiger charge is -2.20. The van der Waals surface area contributed by atoms with Crippen molar-refractivity contribution in [1.29, 1.82) is 0 Å². The molecule has 35 heavy (non-hydrogen) atoms. The van der Waals surface area contributed by atoms with Gasteiger partial charge in [0.2, 0.25) is 11.6 Å². The van der Waals surface area contributed by atoms with E-state index in [1.54, 1.807) is 31.2 Å². The molecule has 0 atom stereocenters. The number of carbonyl (C=O) groups excluding carboxylic acids is 1. The topological polar surface area (TPSA) is 119 Å². The van der Waals surface area contributed by atoms with Crippen LogP contribution in [0.1, 0.15) is 34.5 Å². The standard InChI is InChI=1S/C26H23N5O4/c1-2-35-26(32)20-14-9-15-21(16-20)29-24-23(31(33)34)25(28-17-27-24)30-22(18-10-5-3-6-11-18)19-12-7-4-8-13-19/h3-17,22H,2H2,1H3,(H2,27,28,29,30). The fraction of sp³-hybridized carbons (Fsp3) is 0.115. The molecule has 0 aliphatic carbocycles. The molecule has 0 bridgehead atoms. The van der Waals surface area contributed by atoms with Crippen molar-refractivity contribution in [3.8, 4) is 0 Å². The maximum absolute atomic E-state index is 12.1. The van der Waals surface area contributed by atoms with E-state index in [1.807, 2.05) is 60.7 Å². The molecule has 4 aromatic rings. The maximum Gasteiger partial charge on any atom is 0.353 e. The van der Waals surface area contributed by atoms with E-state index in [4.69, 9.17) is 4.74 Å². The molecule has 176 valence electrons. The van der Waals surface area contributed by atoms with Crippen molar-refractivity contribution in [2.24, 2.45) is 0 Å². The van der Waals surface area contributed by atoms with Gasteiger partial charge < -0.3 is 15.4 Å². The first kappa shape index (κ1) is 23.4. The molecule has 0 spiro atoms. The summed E-state index contributed by atoms with van der Waals surface area (Å²) < 4.78 is 5.03. The number of ether oxygens (including phenoxy) is 1. The molecule has 4 rings (SSSR count). The molecule has 9 heteroatoms. The summed E-state index contributed by atoms with van der Waals surface area (Å²) in [6.07, 6.45) is 1.25. The Kier molecular flexibility index (Phi) is 7.27. The van der Waals surface area contributed by atoms with Crippen LogP contribution in [-0.4, -0.2) is 27.5 Å². The molecule has 2 N–H and O–H groups in total. The molecule has 1 heterocycles. The smallest absolute Gasteiger partial charge is 0.353 e. The van der Waals surface area contributed by atoms with Crippen LogP contribution in [0.15, 0.2) is 91.3 Å². The third-order valence-electron chi connectivity index (χ3n) is 5.19. The van der Waals surface area contributed by atoms with Crippen LogP contribution in [0.25, 0.3) is 0 Å². The number of carbonyl (C=O) groups is 1. The highest BCUT2D eigenvalue weighted by Crippen LogP contribution is 2.35. The zero-order chi connectivity index (χ0) is 24.6. The third-order valence-corrected chi connectivity index (χ3v) is 5.19. The van der Waals surface area contributed by atoms with Crippen LogP contribution >= 0.6 is 0 Å². The van der Waals surface area contributed by atoms with Crippen LogP contribution in [-0.2, 0) is 4.74 Å². The number of esters is 1. The molecular formula is C26H23N5O4. The average Bonchev–Trinajstić information content (AvgIpc) is 2.88.